The highest BCUT2D eigenvalue weighted by Crippen LogP contribution is 2.23. The van der Waals surface area contributed by atoms with Crippen LogP contribution in [0.1, 0.15) is 48.5 Å². The number of piperidine rings is 2. The van der Waals surface area contributed by atoms with Crippen LogP contribution in [0.4, 0.5) is 8.78 Å². The van der Waals surface area contributed by atoms with Gasteiger partial charge in [-0.05, 0) is 99.1 Å². The van der Waals surface area contributed by atoms with E-state index in [1.807, 2.05) is 24.3 Å². The number of imidazole rings is 2. The van der Waals surface area contributed by atoms with Gasteiger partial charge in [-0.1, -0.05) is 24.3 Å². The van der Waals surface area contributed by atoms with E-state index in [2.05, 4.69) is 39.7 Å². The number of aliphatic carboxylic acids is 2. The third kappa shape index (κ3) is 10.2. The fraction of sp³-hybridized carbons (Fsp3) is 0.368. The lowest BCUT2D eigenvalue weighted by Crippen LogP contribution is -2.29. The maximum absolute atomic E-state index is 13.2. The summed E-state index contributed by atoms with van der Waals surface area (Å²) < 4.78 is 30.6. The van der Waals surface area contributed by atoms with Crippen molar-refractivity contribution in [3.8, 4) is 0 Å². The van der Waals surface area contributed by atoms with Gasteiger partial charge in [0, 0.05) is 12.8 Å². The molecule has 0 unspecified atom stereocenters. The van der Waals surface area contributed by atoms with Crippen molar-refractivity contribution in [1.82, 2.24) is 49.7 Å². The predicted molar refractivity (Wildman–Crippen MR) is 196 cm³/mol. The van der Waals surface area contributed by atoms with Crippen LogP contribution in [-0.2, 0) is 35.5 Å². The minimum Gasteiger partial charge on any atom is -0.473 e. The molecule has 0 atom stereocenters. The molecule has 14 nitrogen and oxygen atoms in total. The molecule has 6 heterocycles. The second kappa shape index (κ2) is 18.3. The number of fused-ring (bicyclic) bond motifs is 2. The van der Waals surface area contributed by atoms with Crippen molar-refractivity contribution >= 4 is 34.3 Å². The number of carbonyl (C=O) groups is 2. The van der Waals surface area contributed by atoms with Crippen LogP contribution >= 0.6 is 0 Å². The molecule has 16 heteroatoms. The molecule has 2 aliphatic rings. The van der Waals surface area contributed by atoms with Crippen molar-refractivity contribution in [2.45, 2.75) is 51.6 Å². The third-order valence-corrected chi connectivity index (χ3v) is 9.53. The van der Waals surface area contributed by atoms with E-state index in [-0.39, 0.29) is 11.6 Å². The van der Waals surface area contributed by atoms with Crippen molar-refractivity contribution in [1.29, 1.82) is 0 Å². The second-order valence-corrected chi connectivity index (χ2v) is 13.3. The molecule has 8 rings (SSSR count). The Kier molecular flexibility index (Phi) is 12.9. The highest BCUT2D eigenvalue weighted by molar-refractivity contribution is 6.27. The van der Waals surface area contributed by atoms with Gasteiger partial charge in [-0.2, -0.15) is 0 Å². The van der Waals surface area contributed by atoms with Crippen molar-refractivity contribution in [3.05, 3.63) is 108 Å². The van der Waals surface area contributed by atoms with E-state index in [1.165, 1.54) is 49.9 Å². The molecule has 0 saturated carbocycles. The number of carboxylic acids is 2. The van der Waals surface area contributed by atoms with E-state index in [1.54, 1.807) is 25.0 Å². The molecule has 0 spiro atoms. The lowest BCUT2D eigenvalue weighted by Gasteiger charge is -2.22. The Bertz CT molecular complexity index is 1990. The van der Waals surface area contributed by atoms with E-state index in [0.29, 0.717) is 24.9 Å². The van der Waals surface area contributed by atoms with Crippen molar-refractivity contribution < 1.29 is 28.6 Å². The first kappa shape index (κ1) is 38.0. The molecule has 2 saturated heterocycles. The van der Waals surface area contributed by atoms with Crippen LogP contribution in [0.3, 0.4) is 0 Å². The molecule has 0 aliphatic carbocycles. The summed E-state index contributed by atoms with van der Waals surface area (Å²) in [4.78, 5) is 44.7. The summed E-state index contributed by atoms with van der Waals surface area (Å²) in [6.45, 7) is 5.58. The molecule has 2 fully saturated rings. The molecule has 54 heavy (non-hydrogen) atoms. The van der Waals surface area contributed by atoms with Crippen LogP contribution in [-0.4, -0.2) is 87.4 Å². The van der Waals surface area contributed by atoms with Gasteiger partial charge in [-0.25, -0.2) is 48.3 Å². The predicted octanol–water partition coefficient (Wildman–Crippen LogP) is 4.27. The Hall–Kier alpha value is -5.74. The maximum Gasteiger partial charge on any atom is 0.414 e. The normalized spacial score (nSPS) is 14.9. The number of aromatic nitrogens is 8. The van der Waals surface area contributed by atoms with Gasteiger partial charge in [0.25, 0.3) is 0 Å². The van der Waals surface area contributed by atoms with E-state index in [9.17, 15) is 8.78 Å². The van der Waals surface area contributed by atoms with Gasteiger partial charge < -0.3 is 30.0 Å². The van der Waals surface area contributed by atoms with E-state index in [0.717, 1.165) is 84.1 Å². The number of rotatable bonds is 8. The lowest BCUT2D eigenvalue weighted by atomic mass is 9.94. The van der Waals surface area contributed by atoms with Crippen LogP contribution in [0, 0.1) is 23.5 Å². The number of benzene rings is 2. The molecule has 2 aromatic carbocycles. The monoisotopic (exact) mass is 740 g/mol. The third-order valence-electron chi connectivity index (χ3n) is 9.53. The summed E-state index contributed by atoms with van der Waals surface area (Å²) in [6.07, 6.45) is 13.2. The number of nitrogens with one attached hydrogen (secondary N) is 2. The SMILES string of the molecule is Fc1ccc(Cn2c(CC3CCNCC3)nc3cncnc32)cc1.Fc1ccc(Cn2c(CC3CCNCC3)nc3cncnc32)cc1.O=C(O)C(=O)O. The highest BCUT2D eigenvalue weighted by atomic mass is 19.1. The molecular formula is C38H42F2N10O4. The van der Waals surface area contributed by atoms with Crippen LogP contribution < -0.4 is 10.6 Å². The molecule has 4 N–H and O–H groups in total. The largest absolute Gasteiger partial charge is 0.473 e. The zero-order valence-electron chi connectivity index (χ0n) is 29.6. The lowest BCUT2D eigenvalue weighted by molar-refractivity contribution is -0.159. The zero-order valence-corrected chi connectivity index (χ0v) is 29.6. The molecule has 0 bridgehead atoms. The van der Waals surface area contributed by atoms with Crippen molar-refractivity contribution in [2.75, 3.05) is 26.2 Å². The summed E-state index contributed by atoms with van der Waals surface area (Å²) in [5.74, 6) is -0.711. The van der Waals surface area contributed by atoms with Gasteiger partial charge in [0.05, 0.1) is 25.5 Å². The maximum atomic E-state index is 13.2. The first-order valence-corrected chi connectivity index (χ1v) is 17.9. The summed E-state index contributed by atoms with van der Waals surface area (Å²) in [5.41, 5.74) is 5.42. The van der Waals surface area contributed by atoms with Crippen LogP contribution in [0.25, 0.3) is 22.3 Å². The van der Waals surface area contributed by atoms with E-state index in [4.69, 9.17) is 29.8 Å². The highest BCUT2D eigenvalue weighted by Gasteiger charge is 2.21. The topological polar surface area (TPSA) is 186 Å². The van der Waals surface area contributed by atoms with Crippen LogP contribution in [0.2, 0.25) is 0 Å². The standard InChI is InChI=1S/2C18H20FN5.C2H2O4/c2*19-15-3-1-14(2-4-15)11-24-17(9-13-5-7-20-8-6-13)23-16-10-21-12-22-18(16)24;3-1(4)2(5)6/h2*1-4,10,12-13,20H,5-9,11H2;(H,3,4)(H,5,6). The molecule has 2 aliphatic heterocycles. The first-order chi connectivity index (χ1) is 26.2. The Morgan fingerprint density at radius 1 is 0.630 bits per heavy atom. The van der Waals surface area contributed by atoms with Crippen molar-refractivity contribution in [2.24, 2.45) is 11.8 Å². The number of nitrogens with zero attached hydrogens (tertiary/aromatic N) is 8. The molecule has 4 aromatic heterocycles. The quantitative estimate of drug-likeness (QED) is 0.163. The molecule has 0 amide bonds. The zero-order chi connectivity index (χ0) is 37.9. The van der Waals surface area contributed by atoms with Gasteiger partial charge in [-0.15, -0.1) is 0 Å². The summed E-state index contributed by atoms with van der Waals surface area (Å²) >= 11 is 0. The summed E-state index contributed by atoms with van der Waals surface area (Å²) in [6, 6.07) is 13.2. The fourth-order valence-electron chi connectivity index (χ4n) is 6.73. The van der Waals surface area contributed by atoms with Gasteiger partial charge in [0.1, 0.15) is 47.0 Å². The minimum absolute atomic E-state index is 0.216. The van der Waals surface area contributed by atoms with E-state index < -0.39 is 11.9 Å². The smallest absolute Gasteiger partial charge is 0.414 e. The van der Waals surface area contributed by atoms with Gasteiger partial charge >= 0.3 is 11.9 Å². The Labute approximate surface area is 309 Å². The average molecular weight is 741 g/mol. The Morgan fingerprint density at radius 3 is 1.35 bits per heavy atom. The number of carboxylic acid groups (broad SMARTS) is 2. The second-order valence-electron chi connectivity index (χ2n) is 13.3. The van der Waals surface area contributed by atoms with Gasteiger partial charge in [0.2, 0.25) is 0 Å². The van der Waals surface area contributed by atoms with Gasteiger partial charge in [0.15, 0.2) is 11.3 Å². The Balaban J connectivity index is 0.000000160. The molecular weight excluding hydrogens is 698 g/mol. The fourth-order valence-corrected chi connectivity index (χ4v) is 6.73. The summed E-state index contributed by atoms with van der Waals surface area (Å²) in [7, 11) is 0. The molecule has 6 aromatic rings. The number of halogens is 2. The van der Waals surface area contributed by atoms with Crippen LogP contribution in [0.5, 0.6) is 0 Å². The van der Waals surface area contributed by atoms with E-state index >= 15 is 0 Å². The number of hydrogen-bond donors (Lipinski definition) is 4. The minimum atomic E-state index is -1.82. The Morgan fingerprint density at radius 2 is 1.00 bits per heavy atom. The average Bonchev–Trinajstić information content (AvgIpc) is 3.71. The van der Waals surface area contributed by atoms with Gasteiger partial charge in [-0.3, -0.25) is 0 Å². The summed E-state index contributed by atoms with van der Waals surface area (Å²) in [5, 5.41) is 21.6. The molecule has 0 radical (unpaired) electrons. The first-order valence-electron chi connectivity index (χ1n) is 17.9. The number of hydrogen-bond acceptors (Lipinski definition) is 10. The van der Waals surface area contributed by atoms with Crippen LogP contribution in [0.15, 0.2) is 73.6 Å². The molecule has 282 valence electrons. The van der Waals surface area contributed by atoms with Crippen molar-refractivity contribution in [3.63, 3.8) is 0 Å².